The number of halogens is 2. The first-order chi connectivity index (χ1) is 45.9. The molecule has 0 unspecified atom stereocenters. The Morgan fingerprint density at radius 3 is 0.854 bits per heavy atom. The van der Waals surface area contributed by atoms with E-state index in [4.69, 9.17) is 0 Å². The molecule has 2 nitrogen and oxygen atoms in total. The summed E-state index contributed by atoms with van der Waals surface area (Å²) in [7, 11) is -6.66. The average Bonchev–Trinajstić information content (AvgIpc) is 0.718. The van der Waals surface area contributed by atoms with Crippen LogP contribution in [0.15, 0.2) is 279 Å². The highest BCUT2D eigenvalue weighted by atomic mass is 28.3. The first-order valence-corrected chi connectivity index (χ1v) is 47.7. The number of benzene rings is 14. The molecule has 0 saturated carbocycles. The SMILES string of the molecule is C[Si](C)(C)c1ccc(-c2cc(F)c(N(c3cccc(-c4ccccc4)c3)c3ccc4ccc5c(N(c6cccc(-c7ccccc7)c6)c6c(F)cc(-c7ccc([Si](C)(C)C)cc7)cc6-c6ccc([Si](C)(C)C)cc6)ccc6ccc3c4c65)c(-c3ccc([Si](C)(C)C)cc3)c2)cc1. The molecule has 0 heterocycles. The summed E-state index contributed by atoms with van der Waals surface area (Å²) < 4.78 is 37.7. The van der Waals surface area contributed by atoms with Gasteiger partial charge in [-0.25, -0.2) is 8.78 Å². The van der Waals surface area contributed by atoms with Crippen molar-refractivity contribution in [2.45, 2.75) is 78.6 Å². The monoisotopic (exact) mass is 1320 g/mol. The van der Waals surface area contributed by atoms with Crippen LogP contribution < -0.4 is 30.5 Å². The standard InChI is InChI=1S/C88H82F2N2Si4/c1-93(2,3)73-41-29-61(30-42-73)69-55-79(63-33-45-75(46-34-63)95(7,8)9)87(81(89)57-69)91(71-27-19-25-67(53-71)59-21-15-13-16-22-59)83-51-39-65-38-50-78-84(52-40-66-37-49-77(83)85(65)86(66)78)92(72-28-20-26-68(54-72)60-23-17-14-18-24-60)88-80(64-35-47-76(48-36-64)96(10,11)12)56-70(58-82(88)90)62-31-43-74(44-32-62)94(4,5)6/h13-58H,1-12H3. The van der Waals surface area contributed by atoms with Crippen LogP contribution in [0.2, 0.25) is 78.6 Å². The maximum Gasteiger partial charge on any atom is 0.148 e. The summed E-state index contributed by atoms with van der Waals surface area (Å²) in [6, 6.07) is 98.9. The molecule has 0 spiro atoms. The van der Waals surface area contributed by atoms with E-state index in [9.17, 15) is 0 Å². The third-order valence-corrected chi connectivity index (χ3v) is 27.7. The molecule has 0 atom stereocenters. The summed E-state index contributed by atoms with van der Waals surface area (Å²) in [6.45, 7) is 28.4. The molecule has 14 aromatic rings. The van der Waals surface area contributed by atoms with Crippen molar-refractivity contribution in [1.29, 1.82) is 0 Å². The fourth-order valence-corrected chi connectivity index (χ4v) is 18.6. The lowest BCUT2D eigenvalue weighted by Gasteiger charge is -2.32. The minimum absolute atomic E-state index is 0.333. The maximum atomic E-state index is 18.8. The van der Waals surface area contributed by atoms with Gasteiger partial charge in [-0.15, -0.1) is 0 Å². The molecule has 0 radical (unpaired) electrons. The van der Waals surface area contributed by atoms with Gasteiger partial charge in [0.05, 0.1) is 55.0 Å². The van der Waals surface area contributed by atoms with Gasteiger partial charge in [-0.05, 0) is 138 Å². The van der Waals surface area contributed by atoms with E-state index >= 15 is 8.78 Å². The topological polar surface area (TPSA) is 6.48 Å². The molecule has 0 aliphatic heterocycles. The van der Waals surface area contributed by atoms with Crippen LogP contribution in [0.3, 0.4) is 0 Å². The van der Waals surface area contributed by atoms with Crippen molar-refractivity contribution in [1.82, 2.24) is 0 Å². The highest BCUT2D eigenvalue weighted by Crippen LogP contribution is 2.53. The third-order valence-electron chi connectivity index (χ3n) is 19.4. The van der Waals surface area contributed by atoms with Crippen molar-refractivity contribution < 1.29 is 8.78 Å². The van der Waals surface area contributed by atoms with Gasteiger partial charge in [-0.2, -0.15) is 0 Å². The van der Waals surface area contributed by atoms with E-state index in [2.05, 4.69) is 343 Å². The fraction of sp³-hybridized carbons (Fsp3) is 0.136. The highest BCUT2D eigenvalue weighted by Gasteiger charge is 2.31. The van der Waals surface area contributed by atoms with Gasteiger partial charge >= 0.3 is 0 Å². The van der Waals surface area contributed by atoms with Crippen LogP contribution in [0.1, 0.15) is 0 Å². The Morgan fingerprint density at radius 2 is 0.531 bits per heavy atom. The van der Waals surface area contributed by atoms with Gasteiger partial charge < -0.3 is 9.80 Å². The molecule has 0 saturated heterocycles. The molecule has 14 rings (SSSR count). The van der Waals surface area contributed by atoms with E-state index in [1.165, 1.54) is 20.7 Å². The zero-order chi connectivity index (χ0) is 67.0. The molecule has 0 aromatic heterocycles. The molecule has 0 bridgehead atoms. The van der Waals surface area contributed by atoms with E-state index in [1.807, 2.05) is 12.1 Å². The molecule has 0 amide bonds. The second kappa shape index (κ2) is 24.9. The molecule has 8 heteroatoms. The lowest BCUT2D eigenvalue weighted by molar-refractivity contribution is 0.629. The van der Waals surface area contributed by atoms with Crippen molar-refractivity contribution in [2.75, 3.05) is 9.80 Å². The molecule has 0 aliphatic carbocycles. The van der Waals surface area contributed by atoms with E-state index in [-0.39, 0.29) is 11.6 Å². The average molecular weight is 1320 g/mol. The number of hydrogen-bond acceptors (Lipinski definition) is 2. The van der Waals surface area contributed by atoms with Gasteiger partial charge in [0.1, 0.15) is 11.6 Å². The largest absolute Gasteiger partial charge is 0.307 e. The zero-order valence-corrected chi connectivity index (χ0v) is 61.2. The molecule has 0 aliphatic rings. The van der Waals surface area contributed by atoms with Gasteiger partial charge in [-0.3, -0.25) is 0 Å². The maximum absolute atomic E-state index is 18.8. The number of hydrogen-bond donors (Lipinski definition) is 0. The summed E-state index contributed by atoms with van der Waals surface area (Å²) in [5.41, 5.74) is 15.4. The molecular weight excluding hydrogens is 1240 g/mol. The molecular formula is C88H82F2N2Si4. The zero-order valence-electron chi connectivity index (χ0n) is 57.2. The Morgan fingerprint density at radius 1 is 0.240 bits per heavy atom. The van der Waals surface area contributed by atoms with Crippen LogP contribution in [0.25, 0.3) is 99.1 Å². The van der Waals surface area contributed by atoms with Crippen LogP contribution in [0, 0.1) is 11.6 Å². The Bertz CT molecular complexity index is 4870. The minimum atomic E-state index is -1.71. The predicted molar refractivity (Wildman–Crippen MR) is 424 cm³/mol. The Balaban J connectivity index is 1.03. The summed E-state index contributed by atoms with van der Waals surface area (Å²) in [6.07, 6.45) is 0. The second-order valence-corrected chi connectivity index (χ2v) is 50.4. The van der Waals surface area contributed by atoms with Crippen LogP contribution in [0.4, 0.5) is 42.9 Å². The van der Waals surface area contributed by atoms with E-state index in [0.29, 0.717) is 11.4 Å². The molecule has 0 fully saturated rings. The Hall–Kier alpha value is -9.55. The van der Waals surface area contributed by atoms with Crippen LogP contribution >= 0.6 is 0 Å². The number of anilines is 6. The molecule has 474 valence electrons. The van der Waals surface area contributed by atoms with Crippen molar-refractivity contribution in [3.05, 3.63) is 291 Å². The van der Waals surface area contributed by atoms with Crippen molar-refractivity contribution in [2.24, 2.45) is 0 Å². The quantitative estimate of drug-likeness (QED) is 0.0703. The smallest absolute Gasteiger partial charge is 0.148 e. The fourth-order valence-electron chi connectivity index (χ4n) is 13.9. The van der Waals surface area contributed by atoms with Gasteiger partial charge in [0.2, 0.25) is 0 Å². The lowest BCUT2D eigenvalue weighted by atomic mass is 9.90. The van der Waals surface area contributed by atoms with E-state index in [1.54, 1.807) is 12.1 Å². The molecule has 14 aromatic carbocycles. The van der Waals surface area contributed by atoms with Gasteiger partial charge in [0, 0.05) is 33.3 Å². The van der Waals surface area contributed by atoms with Crippen molar-refractivity contribution in [3.8, 4) is 66.8 Å². The first-order valence-electron chi connectivity index (χ1n) is 33.7. The van der Waals surface area contributed by atoms with Crippen molar-refractivity contribution in [3.63, 3.8) is 0 Å². The normalized spacial score (nSPS) is 12.3. The summed E-state index contributed by atoms with van der Waals surface area (Å²) in [5.74, 6) is -0.667. The predicted octanol–water partition coefficient (Wildman–Crippen LogP) is 24.0. The third kappa shape index (κ3) is 12.3. The summed E-state index contributed by atoms with van der Waals surface area (Å²) in [5, 5.41) is 11.4. The Labute approximate surface area is 570 Å². The molecule has 0 N–H and O–H groups in total. The number of nitrogens with zero attached hydrogens (tertiary/aromatic N) is 2. The first kappa shape index (κ1) is 63.8. The van der Waals surface area contributed by atoms with E-state index < -0.39 is 32.3 Å². The van der Waals surface area contributed by atoms with Crippen molar-refractivity contribution >= 4 is 119 Å². The summed E-state index contributed by atoms with van der Waals surface area (Å²) >= 11 is 0. The van der Waals surface area contributed by atoms with Gasteiger partial charge in [-0.1, -0.05) is 318 Å². The molecule has 96 heavy (non-hydrogen) atoms. The van der Waals surface area contributed by atoms with E-state index in [0.717, 1.165) is 122 Å². The minimum Gasteiger partial charge on any atom is -0.307 e. The summed E-state index contributed by atoms with van der Waals surface area (Å²) in [4.78, 5) is 4.34. The highest BCUT2D eigenvalue weighted by molar-refractivity contribution is 6.90. The second-order valence-electron chi connectivity index (χ2n) is 30.1. The van der Waals surface area contributed by atoms with Crippen LogP contribution in [0.5, 0.6) is 0 Å². The lowest BCUT2D eigenvalue weighted by Crippen LogP contribution is -2.37. The van der Waals surface area contributed by atoms with Crippen LogP contribution in [-0.2, 0) is 0 Å². The van der Waals surface area contributed by atoms with Gasteiger partial charge in [0.15, 0.2) is 0 Å². The number of rotatable bonds is 16. The van der Waals surface area contributed by atoms with Gasteiger partial charge in [0.25, 0.3) is 0 Å². The Kier molecular flexibility index (Phi) is 16.6. The van der Waals surface area contributed by atoms with Crippen LogP contribution in [-0.4, -0.2) is 32.3 Å².